The molecule has 128 valence electrons. The first-order chi connectivity index (χ1) is 11.3. The molecule has 0 radical (unpaired) electrons. The van der Waals surface area contributed by atoms with Gasteiger partial charge in [-0.3, -0.25) is 4.79 Å². The number of rotatable bonds is 5. The van der Waals surface area contributed by atoms with Gasteiger partial charge in [-0.1, -0.05) is 11.6 Å². The van der Waals surface area contributed by atoms with Crippen molar-refractivity contribution in [3.05, 3.63) is 64.7 Å². The van der Waals surface area contributed by atoms with Crippen LogP contribution in [0.2, 0.25) is 5.02 Å². The minimum atomic E-state index is -1.33. The third kappa shape index (κ3) is 5.08. The fourth-order valence-electron chi connectivity index (χ4n) is 1.78. The highest BCUT2D eigenvalue weighted by atomic mass is 35.5. The quantitative estimate of drug-likeness (QED) is 0.807. The molecule has 0 saturated carbocycles. The van der Waals surface area contributed by atoms with Crippen LogP contribution < -0.4 is 4.74 Å². The van der Waals surface area contributed by atoms with Crippen LogP contribution in [-0.4, -0.2) is 34.7 Å². The zero-order valence-corrected chi connectivity index (χ0v) is 14.4. The minimum Gasteiger partial charge on any atom is -0.478 e. The van der Waals surface area contributed by atoms with Crippen molar-refractivity contribution in [2.24, 2.45) is 0 Å². The molecule has 5 nitrogen and oxygen atoms in total. The van der Waals surface area contributed by atoms with Gasteiger partial charge >= 0.3 is 5.97 Å². The number of carboxylic acid groups (broad SMARTS) is 1. The predicted octanol–water partition coefficient (Wildman–Crippen LogP) is 3.42. The summed E-state index contributed by atoms with van der Waals surface area (Å²) in [7, 11) is 1.00. The molecule has 6 heteroatoms. The van der Waals surface area contributed by atoms with E-state index in [1.807, 2.05) is 0 Å². The lowest BCUT2D eigenvalue weighted by Crippen LogP contribution is -2.37. The van der Waals surface area contributed by atoms with Gasteiger partial charge in [-0.2, -0.15) is 0 Å². The number of hydrogen-bond donors (Lipinski definition) is 2. The highest BCUT2D eigenvalue weighted by Gasteiger charge is 2.29. The summed E-state index contributed by atoms with van der Waals surface area (Å²) < 4.78 is 5.39. The molecule has 0 spiro atoms. The minimum absolute atomic E-state index is 0.138. The number of aliphatic hydroxyl groups excluding tert-OH is 1. The van der Waals surface area contributed by atoms with E-state index < -0.39 is 11.6 Å². The van der Waals surface area contributed by atoms with Gasteiger partial charge in [-0.05, 0) is 62.4 Å². The van der Waals surface area contributed by atoms with E-state index in [-0.39, 0.29) is 5.78 Å². The van der Waals surface area contributed by atoms with Crippen LogP contribution in [0.3, 0.4) is 0 Å². The maximum absolute atomic E-state index is 12.3. The molecule has 2 rings (SSSR count). The number of aliphatic hydroxyl groups is 1. The number of hydrogen-bond acceptors (Lipinski definition) is 4. The fourth-order valence-corrected chi connectivity index (χ4v) is 1.91. The van der Waals surface area contributed by atoms with Gasteiger partial charge in [0.05, 0.1) is 0 Å². The van der Waals surface area contributed by atoms with Gasteiger partial charge in [0.2, 0.25) is 0 Å². The van der Waals surface area contributed by atoms with Gasteiger partial charge in [0, 0.05) is 23.3 Å². The van der Waals surface area contributed by atoms with E-state index in [1.54, 1.807) is 48.5 Å². The van der Waals surface area contributed by atoms with E-state index in [9.17, 15) is 9.59 Å². The molecule has 0 unspecified atom stereocenters. The molecule has 0 saturated heterocycles. The maximum atomic E-state index is 12.3. The van der Waals surface area contributed by atoms with Gasteiger partial charge in [0.1, 0.15) is 5.75 Å². The van der Waals surface area contributed by atoms with Gasteiger partial charge in [0.25, 0.3) is 0 Å². The molecule has 0 amide bonds. The smallest absolute Gasteiger partial charge is 0.347 e. The number of carbonyl (C=O) groups is 2. The lowest BCUT2D eigenvalue weighted by molar-refractivity contribution is -0.152. The van der Waals surface area contributed by atoms with Gasteiger partial charge in [-0.15, -0.1) is 0 Å². The summed E-state index contributed by atoms with van der Waals surface area (Å²) in [6, 6.07) is 13.0. The lowest BCUT2D eigenvalue weighted by atomic mass is 10.0. The van der Waals surface area contributed by atoms with Crippen LogP contribution in [0.5, 0.6) is 5.75 Å². The van der Waals surface area contributed by atoms with Crippen LogP contribution in [-0.2, 0) is 4.79 Å². The van der Waals surface area contributed by atoms with Crippen molar-refractivity contribution in [3.63, 3.8) is 0 Å². The van der Waals surface area contributed by atoms with Crippen molar-refractivity contribution in [1.29, 1.82) is 0 Å². The van der Waals surface area contributed by atoms with E-state index in [2.05, 4.69) is 0 Å². The third-order valence-electron chi connectivity index (χ3n) is 3.11. The van der Waals surface area contributed by atoms with Crippen molar-refractivity contribution in [2.45, 2.75) is 19.4 Å². The summed E-state index contributed by atoms with van der Waals surface area (Å²) in [4.78, 5) is 23.3. The molecule has 0 atom stereocenters. The summed E-state index contributed by atoms with van der Waals surface area (Å²) in [5, 5.41) is 16.6. The highest BCUT2D eigenvalue weighted by molar-refractivity contribution is 6.30. The van der Waals surface area contributed by atoms with E-state index in [1.165, 1.54) is 13.8 Å². The van der Waals surface area contributed by atoms with Crippen LogP contribution >= 0.6 is 11.6 Å². The monoisotopic (exact) mass is 350 g/mol. The number of ether oxygens (including phenoxy) is 1. The van der Waals surface area contributed by atoms with E-state index in [0.29, 0.717) is 21.9 Å². The molecular weight excluding hydrogens is 332 g/mol. The van der Waals surface area contributed by atoms with Crippen molar-refractivity contribution in [2.75, 3.05) is 7.11 Å². The standard InChI is InChI=1S/C17H15ClO4.CH4O/c1-17(2,16(20)21)22-14-9-5-12(6-10-14)15(19)11-3-7-13(18)8-4-11;1-2/h3-10H,1-2H3,(H,20,21);2H,1H3. The molecule has 0 aromatic heterocycles. The van der Waals surface area contributed by atoms with Gasteiger partial charge in [0.15, 0.2) is 11.4 Å². The Hall–Kier alpha value is -2.37. The molecule has 0 fully saturated rings. The van der Waals surface area contributed by atoms with Crippen LogP contribution in [0, 0.1) is 0 Å². The molecule has 0 heterocycles. The molecule has 0 aliphatic heterocycles. The van der Waals surface area contributed by atoms with Crippen LogP contribution in [0.1, 0.15) is 29.8 Å². The SMILES string of the molecule is CC(C)(Oc1ccc(C(=O)c2ccc(Cl)cc2)cc1)C(=O)O.CO. The summed E-state index contributed by atoms with van der Waals surface area (Å²) in [6.45, 7) is 2.92. The number of carbonyl (C=O) groups excluding carboxylic acids is 1. The van der Waals surface area contributed by atoms with E-state index >= 15 is 0 Å². The topological polar surface area (TPSA) is 83.8 Å². The Morgan fingerprint density at radius 3 is 1.75 bits per heavy atom. The van der Waals surface area contributed by atoms with Crippen molar-refractivity contribution < 1.29 is 24.5 Å². The number of ketones is 1. The first-order valence-corrected chi connectivity index (χ1v) is 7.45. The number of halogens is 1. The molecule has 2 aromatic carbocycles. The van der Waals surface area contributed by atoms with Crippen molar-refractivity contribution in [1.82, 2.24) is 0 Å². The first-order valence-electron chi connectivity index (χ1n) is 7.07. The zero-order chi connectivity index (χ0) is 18.3. The second kappa shape index (κ2) is 8.47. The van der Waals surface area contributed by atoms with Crippen LogP contribution in [0.4, 0.5) is 0 Å². The number of carboxylic acids is 1. The summed E-state index contributed by atoms with van der Waals surface area (Å²) in [5.74, 6) is -0.811. The Morgan fingerprint density at radius 1 is 0.917 bits per heavy atom. The van der Waals surface area contributed by atoms with Crippen LogP contribution in [0.15, 0.2) is 48.5 Å². The normalized spacial score (nSPS) is 10.4. The molecule has 0 bridgehead atoms. The average molecular weight is 351 g/mol. The number of aliphatic carboxylic acids is 1. The van der Waals surface area contributed by atoms with Crippen LogP contribution in [0.25, 0.3) is 0 Å². The zero-order valence-electron chi connectivity index (χ0n) is 13.6. The number of benzene rings is 2. The Kier molecular flexibility index (Phi) is 6.95. The van der Waals surface area contributed by atoms with E-state index in [0.717, 1.165) is 7.11 Å². The summed E-state index contributed by atoms with van der Waals surface area (Å²) >= 11 is 5.79. The molecule has 0 aliphatic rings. The molecule has 2 N–H and O–H groups in total. The van der Waals surface area contributed by atoms with E-state index in [4.69, 9.17) is 26.6 Å². The lowest BCUT2D eigenvalue weighted by Gasteiger charge is -2.21. The Morgan fingerprint density at radius 2 is 1.33 bits per heavy atom. The van der Waals surface area contributed by atoms with Gasteiger partial charge < -0.3 is 14.9 Å². The van der Waals surface area contributed by atoms with Gasteiger partial charge in [-0.25, -0.2) is 4.79 Å². The summed E-state index contributed by atoms with van der Waals surface area (Å²) in [5.41, 5.74) is -0.312. The Balaban J connectivity index is 0.00000139. The molecule has 0 aliphatic carbocycles. The molecular formula is C18H19ClO5. The Bertz CT molecular complexity index is 690. The first kappa shape index (κ1) is 19.7. The van der Waals surface area contributed by atoms with Crippen molar-refractivity contribution in [3.8, 4) is 5.75 Å². The molecule has 24 heavy (non-hydrogen) atoms. The molecule has 2 aromatic rings. The maximum Gasteiger partial charge on any atom is 0.347 e. The highest BCUT2D eigenvalue weighted by Crippen LogP contribution is 2.21. The second-order valence-corrected chi connectivity index (χ2v) is 5.71. The Labute approximate surface area is 145 Å². The fraction of sp³-hybridized carbons (Fsp3) is 0.222. The van der Waals surface area contributed by atoms with Crippen molar-refractivity contribution >= 4 is 23.4 Å². The summed E-state index contributed by atoms with van der Waals surface area (Å²) in [6.07, 6.45) is 0. The predicted molar refractivity (Wildman–Crippen MR) is 91.8 cm³/mol. The largest absolute Gasteiger partial charge is 0.478 e. The third-order valence-corrected chi connectivity index (χ3v) is 3.36. The average Bonchev–Trinajstić information content (AvgIpc) is 2.57. The second-order valence-electron chi connectivity index (χ2n) is 5.28.